The molecule has 144 valence electrons. The van der Waals surface area contributed by atoms with Crippen molar-refractivity contribution in [2.75, 3.05) is 0 Å². The number of aryl methyl sites for hydroxylation is 1. The van der Waals surface area contributed by atoms with Crippen LogP contribution in [0.25, 0.3) is 0 Å². The van der Waals surface area contributed by atoms with Gasteiger partial charge in [-0.15, -0.1) is 0 Å². The number of aromatic nitrogens is 1. The number of carboxylic acids is 1. The van der Waals surface area contributed by atoms with Gasteiger partial charge in [0, 0.05) is 18.3 Å². The van der Waals surface area contributed by atoms with Crippen LogP contribution in [0.5, 0.6) is 5.75 Å². The molecule has 2 aromatic carbocycles. The molecule has 5 heteroatoms. The van der Waals surface area contributed by atoms with E-state index in [2.05, 4.69) is 31.2 Å². The van der Waals surface area contributed by atoms with Crippen molar-refractivity contribution in [3.63, 3.8) is 0 Å². The van der Waals surface area contributed by atoms with Gasteiger partial charge in [-0.1, -0.05) is 31.2 Å². The number of ketones is 1. The van der Waals surface area contributed by atoms with Crippen LogP contribution in [0.15, 0.2) is 60.7 Å². The van der Waals surface area contributed by atoms with Gasteiger partial charge in [0.1, 0.15) is 12.4 Å². The van der Waals surface area contributed by atoms with E-state index in [1.54, 1.807) is 48.0 Å². The van der Waals surface area contributed by atoms with Crippen LogP contribution >= 0.6 is 0 Å². The van der Waals surface area contributed by atoms with Crippen molar-refractivity contribution in [3.8, 4) is 5.75 Å². The van der Waals surface area contributed by atoms with Gasteiger partial charge in [-0.3, -0.25) is 9.59 Å². The molecule has 1 aromatic heterocycles. The molecule has 28 heavy (non-hydrogen) atoms. The van der Waals surface area contributed by atoms with Crippen molar-refractivity contribution >= 4 is 11.8 Å². The smallest absolute Gasteiger partial charge is 0.309 e. The number of benzene rings is 2. The molecule has 0 amide bonds. The van der Waals surface area contributed by atoms with Gasteiger partial charge in [0.15, 0.2) is 0 Å². The molecule has 0 aliphatic carbocycles. The summed E-state index contributed by atoms with van der Waals surface area (Å²) in [6.07, 6.45) is 0.894. The molecule has 0 spiro atoms. The second kappa shape index (κ2) is 8.57. The van der Waals surface area contributed by atoms with E-state index in [0.29, 0.717) is 29.3 Å². The first kappa shape index (κ1) is 19.4. The van der Waals surface area contributed by atoms with Crippen molar-refractivity contribution in [1.82, 2.24) is 4.57 Å². The maximum absolute atomic E-state index is 12.7. The van der Waals surface area contributed by atoms with E-state index in [4.69, 9.17) is 9.84 Å². The minimum Gasteiger partial charge on any atom is -0.489 e. The molecule has 0 atom stereocenters. The predicted molar refractivity (Wildman–Crippen MR) is 107 cm³/mol. The number of hydrogen-bond donors (Lipinski definition) is 1. The number of nitrogens with zero attached hydrogens (tertiary/aromatic N) is 1. The molecule has 0 fully saturated rings. The van der Waals surface area contributed by atoms with E-state index in [1.807, 2.05) is 0 Å². The number of carbonyl (C=O) groups excluding carboxylic acids is 1. The predicted octanol–water partition coefficient (Wildman–Crippen LogP) is 4.02. The Balaban J connectivity index is 1.65. The van der Waals surface area contributed by atoms with Crippen LogP contribution in [-0.2, 0) is 31.3 Å². The lowest BCUT2D eigenvalue weighted by molar-refractivity contribution is -0.136. The summed E-state index contributed by atoms with van der Waals surface area (Å²) in [5, 5.41) is 8.93. The van der Waals surface area contributed by atoms with Crippen molar-refractivity contribution < 1.29 is 19.4 Å². The third-order valence-corrected chi connectivity index (χ3v) is 4.74. The molecule has 5 nitrogen and oxygen atoms in total. The molecule has 3 rings (SSSR count). The van der Waals surface area contributed by atoms with E-state index < -0.39 is 5.97 Å². The van der Waals surface area contributed by atoms with E-state index >= 15 is 0 Å². The van der Waals surface area contributed by atoms with Crippen LogP contribution in [0, 0.1) is 0 Å². The average Bonchev–Trinajstić information content (AvgIpc) is 3.06. The van der Waals surface area contributed by atoms with Crippen LogP contribution in [0.1, 0.15) is 39.8 Å². The summed E-state index contributed by atoms with van der Waals surface area (Å²) in [6, 6.07) is 18.6. The molecule has 0 bridgehead atoms. The fraction of sp³-hybridized carbons (Fsp3) is 0.217. The Morgan fingerprint density at radius 1 is 0.929 bits per heavy atom. The van der Waals surface area contributed by atoms with E-state index in [-0.39, 0.29) is 12.2 Å². The SMILES string of the molecule is CCc1ccc(COc2ccc(C(=O)c3ccc(CC(=O)O)n3C)cc2)cc1. The number of ether oxygens (including phenoxy) is 1. The second-order valence-corrected chi connectivity index (χ2v) is 6.65. The number of carbonyl (C=O) groups is 2. The van der Waals surface area contributed by atoms with Crippen molar-refractivity contribution in [1.29, 1.82) is 0 Å². The molecule has 0 aliphatic heterocycles. The summed E-state index contributed by atoms with van der Waals surface area (Å²) >= 11 is 0. The van der Waals surface area contributed by atoms with Crippen LogP contribution in [0.4, 0.5) is 0 Å². The normalized spacial score (nSPS) is 10.6. The number of aliphatic carboxylic acids is 1. The third kappa shape index (κ3) is 4.49. The average molecular weight is 377 g/mol. The van der Waals surface area contributed by atoms with Gasteiger partial charge in [0.2, 0.25) is 5.78 Å². The molecular weight excluding hydrogens is 354 g/mol. The standard InChI is InChI=1S/C23H23NO4/c1-3-16-4-6-17(7-5-16)15-28-20-11-8-18(9-12-20)23(27)21-13-10-19(24(21)2)14-22(25)26/h4-13H,3,14-15H2,1-2H3,(H,25,26). The quantitative estimate of drug-likeness (QED) is 0.602. The lowest BCUT2D eigenvalue weighted by Crippen LogP contribution is -2.11. The summed E-state index contributed by atoms with van der Waals surface area (Å²) in [5.74, 6) is -0.388. The Hall–Kier alpha value is -3.34. The highest BCUT2D eigenvalue weighted by atomic mass is 16.5. The highest BCUT2D eigenvalue weighted by molar-refractivity contribution is 6.08. The first-order chi connectivity index (χ1) is 13.5. The lowest BCUT2D eigenvalue weighted by atomic mass is 10.1. The maximum atomic E-state index is 12.7. The van der Waals surface area contributed by atoms with Gasteiger partial charge >= 0.3 is 5.97 Å². The van der Waals surface area contributed by atoms with Crippen LogP contribution in [0.3, 0.4) is 0 Å². The van der Waals surface area contributed by atoms with Crippen LogP contribution in [-0.4, -0.2) is 21.4 Å². The first-order valence-electron chi connectivity index (χ1n) is 9.19. The zero-order valence-electron chi connectivity index (χ0n) is 16.0. The highest BCUT2D eigenvalue weighted by Crippen LogP contribution is 2.18. The zero-order valence-corrected chi connectivity index (χ0v) is 16.0. The number of rotatable bonds is 8. The Labute approximate surface area is 164 Å². The summed E-state index contributed by atoms with van der Waals surface area (Å²) in [6.45, 7) is 2.59. The largest absolute Gasteiger partial charge is 0.489 e. The molecule has 3 aromatic rings. The summed E-state index contributed by atoms with van der Waals surface area (Å²) in [4.78, 5) is 23.6. The first-order valence-corrected chi connectivity index (χ1v) is 9.19. The molecule has 1 N–H and O–H groups in total. The summed E-state index contributed by atoms with van der Waals surface area (Å²) in [5.41, 5.74) is 3.96. The van der Waals surface area contributed by atoms with Crippen LogP contribution < -0.4 is 4.74 Å². The van der Waals surface area contributed by atoms with E-state index in [0.717, 1.165) is 12.0 Å². The Morgan fingerprint density at radius 3 is 2.18 bits per heavy atom. The highest BCUT2D eigenvalue weighted by Gasteiger charge is 2.16. The fourth-order valence-corrected chi connectivity index (χ4v) is 3.00. The third-order valence-electron chi connectivity index (χ3n) is 4.74. The monoisotopic (exact) mass is 377 g/mol. The molecule has 0 unspecified atom stereocenters. The van der Waals surface area contributed by atoms with Gasteiger partial charge in [-0.05, 0) is 53.9 Å². The second-order valence-electron chi connectivity index (χ2n) is 6.65. The topological polar surface area (TPSA) is 68.5 Å². The summed E-state index contributed by atoms with van der Waals surface area (Å²) in [7, 11) is 1.70. The Morgan fingerprint density at radius 2 is 1.57 bits per heavy atom. The number of hydrogen-bond acceptors (Lipinski definition) is 3. The van der Waals surface area contributed by atoms with E-state index in [1.165, 1.54) is 5.56 Å². The van der Waals surface area contributed by atoms with Gasteiger partial charge in [-0.25, -0.2) is 0 Å². The molecule has 0 saturated heterocycles. The molecule has 0 radical (unpaired) electrons. The maximum Gasteiger partial charge on any atom is 0.309 e. The Kier molecular flexibility index (Phi) is 5.94. The van der Waals surface area contributed by atoms with Gasteiger partial charge in [0.05, 0.1) is 12.1 Å². The van der Waals surface area contributed by atoms with Crippen molar-refractivity contribution in [3.05, 3.63) is 88.7 Å². The van der Waals surface area contributed by atoms with E-state index in [9.17, 15) is 9.59 Å². The molecule has 0 saturated carbocycles. The van der Waals surface area contributed by atoms with Gasteiger partial charge in [-0.2, -0.15) is 0 Å². The van der Waals surface area contributed by atoms with Gasteiger partial charge in [0.25, 0.3) is 0 Å². The Bertz CT molecular complexity index is 969. The lowest BCUT2D eigenvalue weighted by Gasteiger charge is -2.09. The summed E-state index contributed by atoms with van der Waals surface area (Å²) < 4.78 is 7.42. The fourth-order valence-electron chi connectivity index (χ4n) is 3.00. The minimum atomic E-state index is -0.925. The molecule has 0 aliphatic rings. The zero-order chi connectivity index (χ0) is 20.1. The van der Waals surface area contributed by atoms with Crippen molar-refractivity contribution in [2.45, 2.75) is 26.4 Å². The molecule has 1 heterocycles. The minimum absolute atomic E-state index is 0.115. The van der Waals surface area contributed by atoms with Gasteiger partial charge < -0.3 is 14.4 Å². The molecular formula is C23H23NO4. The van der Waals surface area contributed by atoms with Crippen LogP contribution in [0.2, 0.25) is 0 Å². The number of carboxylic acid groups (broad SMARTS) is 1. The van der Waals surface area contributed by atoms with Crippen molar-refractivity contribution in [2.24, 2.45) is 7.05 Å².